The first-order chi connectivity index (χ1) is 19.4. The van der Waals surface area contributed by atoms with Crippen molar-refractivity contribution in [2.75, 3.05) is 5.32 Å². The number of carbonyl (C=O) groups is 3. The van der Waals surface area contributed by atoms with E-state index in [9.17, 15) is 37.1 Å². The van der Waals surface area contributed by atoms with E-state index in [0.29, 0.717) is 29.5 Å². The van der Waals surface area contributed by atoms with Crippen LogP contribution < -0.4 is 5.32 Å². The maximum Gasteiger partial charge on any atom is 0.392 e. The molecule has 0 radical (unpaired) electrons. The summed E-state index contributed by atoms with van der Waals surface area (Å²) in [7, 11) is 0. The van der Waals surface area contributed by atoms with Gasteiger partial charge in [-0.2, -0.15) is 13.2 Å². The van der Waals surface area contributed by atoms with Gasteiger partial charge < -0.3 is 15.3 Å². The number of nitrogens with zero attached hydrogens (tertiary/aromatic N) is 1. The van der Waals surface area contributed by atoms with E-state index in [2.05, 4.69) is 5.32 Å². The Morgan fingerprint density at radius 3 is 2.32 bits per heavy atom. The highest BCUT2D eigenvalue weighted by Gasteiger charge is 2.50. The lowest BCUT2D eigenvalue weighted by atomic mass is 9.85. The fourth-order valence-corrected chi connectivity index (χ4v) is 5.37. The molecule has 2 aliphatic rings. The molecule has 0 spiro atoms. The topological polar surface area (TPSA) is 86.7 Å². The second-order valence-electron chi connectivity index (χ2n) is 10.9. The lowest BCUT2D eigenvalue weighted by Crippen LogP contribution is -2.34. The Balaban J connectivity index is 1.33. The largest absolute Gasteiger partial charge is 0.481 e. The SMILES string of the molecule is C[C@H]([C@H](C(=O)Nc1cccc(CC2(C(=O)O)CC2)c1)c1ccc(CN2Cc3c(F)cccc3C2=O)cc1)C(F)(F)F. The summed E-state index contributed by atoms with van der Waals surface area (Å²) in [4.78, 5) is 39.0. The van der Waals surface area contributed by atoms with E-state index in [1.54, 1.807) is 42.5 Å². The number of halogens is 4. The highest BCUT2D eigenvalue weighted by molar-refractivity contribution is 5.98. The van der Waals surface area contributed by atoms with Gasteiger partial charge >= 0.3 is 12.1 Å². The third kappa shape index (κ3) is 5.82. The summed E-state index contributed by atoms with van der Waals surface area (Å²) < 4.78 is 55.7. The van der Waals surface area contributed by atoms with Gasteiger partial charge in [0.15, 0.2) is 0 Å². The van der Waals surface area contributed by atoms with Crippen molar-refractivity contribution in [1.82, 2.24) is 4.90 Å². The van der Waals surface area contributed by atoms with Gasteiger partial charge in [0, 0.05) is 23.4 Å². The van der Waals surface area contributed by atoms with Gasteiger partial charge in [-0.15, -0.1) is 0 Å². The molecule has 0 unspecified atom stereocenters. The molecule has 1 aliphatic heterocycles. The second-order valence-corrected chi connectivity index (χ2v) is 10.9. The lowest BCUT2D eigenvalue weighted by molar-refractivity contribution is -0.178. The predicted molar refractivity (Wildman–Crippen MR) is 142 cm³/mol. The number of hydrogen-bond donors (Lipinski definition) is 2. The number of alkyl halides is 3. The van der Waals surface area contributed by atoms with Crippen molar-refractivity contribution in [2.24, 2.45) is 11.3 Å². The molecular weight excluding hydrogens is 540 g/mol. The number of carboxylic acid groups (broad SMARTS) is 1. The van der Waals surface area contributed by atoms with Crippen molar-refractivity contribution in [3.05, 3.63) is 100 Å². The Kier molecular flexibility index (Phi) is 7.35. The lowest BCUT2D eigenvalue weighted by Gasteiger charge is -2.26. The van der Waals surface area contributed by atoms with Crippen LogP contribution in [0.2, 0.25) is 0 Å². The Hall–Kier alpha value is -4.21. The van der Waals surface area contributed by atoms with Gasteiger partial charge in [0.25, 0.3) is 5.91 Å². The van der Waals surface area contributed by atoms with Gasteiger partial charge in [0.1, 0.15) is 5.82 Å². The van der Waals surface area contributed by atoms with Gasteiger partial charge in [-0.3, -0.25) is 14.4 Å². The monoisotopic (exact) mass is 568 g/mol. The molecule has 10 heteroatoms. The quantitative estimate of drug-likeness (QED) is 0.296. The van der Waals surface area contributed by atoms with Crippen molar-refractivity contribution in [3.8, 4) is 0 Å². The van der Waals surface area contributed by atoms with Crippen LogP contribution in [0, 0.1) is 17.2 Å². The fraction of sp³-hybridized carbons (Fsp3) is 0.323. The standard InChI is InChI=1S/C31H28F4N2O4/c1-18(31(33,34)35)26(27(38)36-22-5-2-4-20(14-22)15-30(12-13-30)29(40)41)21-10-8-19(9-11-21)16-37-17-24-23(28(37)39)6-3-7-25(24)32/h2-11,14,18,26H,12-13,15-17H2,1H3,(H,36,38)(H,40,41)/t18-,26+/m1/s1. The van der Waals surface area contributed by atoms with E-state index < -0.39 is 41.1 Å². The second kappa shape index (κ2) is 10.6. The van der Waals surface area contributed by atoms with Crippen LogP contribution in [0.1, 0.15) is 58.3 Å². The number of carbonyl (C=O) groups excluding carboxylic acids is 2. The Morgan fingerprint density at radius 1 is 1.02 bits per heavy atom. The molecule has 5 rings (SSSR count). The molecule has 0 aromatic heterocycles. The first-order valence-electron chi connectivity index (χ1n) is 13.2. The molecule has 41 heavy (non-hydrogen) atoms. The molecule has 0 saturated heterocycles. The van der Waals surface area contributed by atoms with E-state index >= 15 is 0 Å². The van der Waals surface area contributed by atoms with Crippen LogP contribution in [0.4, 0.5) is 23.2 Å². The van der Waals surface area contributed by atoms with Crippen molar-refractivity contribution in [3.63, 3.8) is 0 Å². The number of amides is 2. The van der Waals surface area contributed by atoms with E-state index in [1.165, 1.54) is 29.2 Å². The van der Waals surface area contributed by atoms with Gasteiger partial charge in [0.05, 0.1) is 23.8 Å². The molecule has 1 aliphatic carbocycles. The molecular formula is C31H28F4N2O4. The van der Waals surface area contributed by atoms with Gasteiger partial charge in [-0.05, 0) is 60.2 Å². The van der Waals surface area contributed by atoms with Crippen molar-refractivity contribution < 1.29 is 37.1 Å². The maximum atomic E-state index is 14.1. The summed E-state index contributed by atoms with van der Waals surface area (Å²) in [6.45, 7) is 1.17. The number of anilines is 1. The molecule has 2 atom stereocenters. The van der Waals surface area contributed by atoms with Crippen LogP contribution in [0.3, 0.4) is 0 Å². The molecule has 2 amide bonds. The average Bonchev–Trinajstić information content (AvgIpc) is 3.63. The smallest absolute Gasteiger partial charge is 0.392 e. The summed E-state index contributed by atoms with van der Waals surface area (Å²) in [5, 5.41) is 12.1. The summed E-state index contributed by atoms with van der Waals surface area (Å²) >= 11 is 0. The summed E-state index contributed by atoms with van der Waals surface area (Å²) in [5.41, 5.74) is 1.50. The molecule has 1 heterocycles. The van der Waals surface area contributed by atoms with Crippen molar-refractivity contribution >= 4 is 23.5 Å². The number of fused-ring (bicyclic) bond motifs is 1. The number of nitrogens with one attached hydrogen (secondary N) is 1. The number of hydrogen-bond acceptors (Lipinski definition) is 3. The minimum absolute atomic E-state index is 0.0887. The normalized spacial score (nSPS) is 17.1. The van der Waals surface area contributed by atoms with Crippen LogP contribution in [-0.4, -0.2) is 34.0 Å². The Labute approximate surface area is 234 Å². The van der Waals surface area contributed by atoms with E-state index in [4.69, 9.17) is 0 Å². The average molecular weight is 569 g/mol. The maximum absolute atomic E-state index is 14.1. The molecule has 0 bridgehead atoms. The number of rotatable bonds is 9. The molecule has 1 saturated carbocycles. The van der Waals surface area contributed by atoms with E-state index in [0.717, 1.165) is 6.92 Å². The molecule has 6 nitrogen and oxygen atoms in total. The molecule has 3 aromatic rings. The van der Waals surface area contributed by atoms with Gasteiger partial charge in [-0.25, -0.2) is 4.39 Å². The van der Waals surface area contributed by atoms with E-state index in [1.807, 2.05) is 0 Å². The minimum Gasteiger partial charge on any atom is -0.481 e. The zero-order chi connectivity index (χ0) is 29.5. The van der Waals surface area contributed by atoms with Crippen LogP contribution in [0.15, 0.2) is 66.7 Å². The molecule has 3 aromatic carbocycles. The molecule has 2 N–H and O–H groups in total. The zero-order valence-electron chi connectivity index (χ0n) is 22.2. The Bertz CT molecular complexity index is 1500. The molecule has 214 valence electrons. The van der Waals surface area contributed by atoms with Gasteiger partial charge in [0.2, 0.25) is 5.91 Å². The third-order valence-corrected chi connectivity index (χ3v) is 8.04. The van der Waals surface area contributed by atoms with Crippen LogP contribution >= 0.6 is 0 Å². The fourth-order valence-electron chi connectivity index (χ4n) is 5.37. The summed E-state index contributed by atoms with van der Waals surface area (Å²) in [6.07, 6.45) is -3.28. The first kappa shape index (κ1) is 28.3. The van der Waals surface area contributed by atoms with Crippen LogP contribution in [-0.2, 0) is 29.1 Å². The third-order valence-electron chi connectivity index (χ3n) is 8.04. The van der Waals surface area contributed by atoms with Gasteiger partial charge in [-0.1, -0.05) is 49.4 Å². The van der Waals surface area contributed by atoms with Crippen LogP contribution in [0.5, 0.6) is 0 Å². The number of aliphatic carboxylic acids is 1. The summed E-state index contributed by atoms with van der Waals surface area (Å²) in [5.74, 6) is -6.10. The minimum atomic E-state index is -4.65. The zero-order valence-corrected chi connectivity index (χ0v) is 22.2. The number of benzene rings is 3. The number of carboxylic acids is 1. The first-order valence-corrected chi connectivity index (χ1v) is 13.2. The van der Waals surface area contributed by atoms with Crippen molar-refractivity contribution in [1.29, 1.82) is 0 Å². The highest BCUT2D eigenvalue weighted by Crippen LogP contribution is 2.48. The Morgan fingerprint density at radius 2 is 1.71 bits per heavy atom. The predicted octanol–water partition coefficient (Wildman–Crippen LogP) is 6.31. The van der Waals surface area contributed by atoms with Crippen LogP contribution in [0.25, 0.3) is 0 Å². The van der Waals surface area contributed by atoms with E-state index in [-0.39, 0.29) is 42.2 Å². The highest BCUT2D eigenvalue weighted by atomic mass is 19.4. The van der Waals surface area contributed by atoms with Crippen molar-refractivity contribution in [2.45, 2.75) is 51.4 Å². The summed E-state index contributed by atoms with van der Waals surface area (Å²) in [6, 6.07) is 16.8. The molecule has 1 fully saturated rings.